The Balaban J connectivity index is 0.000000160. The lowest BCUT2D eigenvalue weighted by molar-refractivity contribution is 0.0986. The number of carbonyl (C=O) groups excluding carboxylic acids is 3. The number of hydrogen-bond donors (Lipinski definition) is 0. The van der Waals surface area contributed by atoms with Gasteiger partial charge in [-0.25, -0.2) is 0 Å². The molecule has 0 bridgehead atoms. The first-order valence-corrected chi connectivity index (χ1v) is 6.00. The number of Topliss-reactive ketones (excluding diaryl/α,β-unsaturated/α-hetero) is 1. The highest BCUT2D eigenvalue weighted by atomic mass is 16.3. The van der Waals surface area contributed by atoms with Crippen LogP contribution < -0.4 is 0 Å². The van der Waals surface area contributed by atoms with Gasteiger partial charge in [0, 0.05) is 18.1 Å². The minimum absolute atomic E-state index is 0.0324. The summed E-state index contributed by atoms with van der Waals surface area (Å²) in [4.78, 5) is 32.8. The van der Waals surface area contributed by atoms with E-state index in [0.717, 1.165) is 0 Å². The Hall–Kier alpha value is -2.75. The lowest BCUT2D eigenvalue weighted by Gasteiger charge is -2.06. The minimum Gasteiger partial charge on any atom is -0.461 e. The van der Waals surface area contributed by atoms with Gasteiger partial charge in [-0.1, -0.05) is 24.3 Å². The SMILES string of the molecule is CC(=O)c1ccco1.O=C1C=CC(=O)c2ccccc21. The van der Waals surface area contributed by atoms with Crippen LogP contribution in [0.3, 0.4) is 0 Å². The number of hydrogen-bond acceptors (Lipinski definition) is 4. The van der Waals surface area contributed by atoms with E-state index in [1.165, 1.54) is 25.3 Å². The quantitative estimate of drug-likeness (QED) is 0.745. The molecule has 3 rings (SSSR count). The van der Waals surface area contributed by atoms with Gasteiger partial charge in [0.25, 0.3) is 0 Å². The van der Waals surface area contributed by atoms with Crippen LogP contribution in [0.4, 0.5) is 0 Å². The summed E-state index contributed by atoms with van der Waals surface area (Å²) in [6.07, 6.45) is 4.10. The zero-order chi connectivity index (χ0) is 14.5. The van der Waals surface area contributed by atoms with Crippen LogP contribution in [0.2, 0.25) is 0 Å². The zero-order valence-corrected chi connectivity index (χ0v) is 10.8. The van der Waals surface area contributed by atoms with Crippen LogP contribution in [0.1, 0.15) is 38.2 Å². The largest absolute Gasteiger partial charge is 0.461 e. The second kappa shape index (κ2) is 5.93. The van der Waals surface area contributed by atoms with Crippen molar-refractivity contribution in [2.24, 2.45) is 0 Å². The number of fused-ring (bicyclic) bond motifs is 1. The molecule has 0 amide bonds. The van der Waals surface area contributed by atoms with Crippen molar-refractivity contribution in [3.05, 3.63) is 71.7 Å². The van der Waals surface area contributed by atoms with Gasteiger partial charge >= 0.3 is 0 Å². The fourth-order valence-electron chi connectivity index (χ4n) is 1.72. The van der Waals surface area contributed by atoms with Crippen molar-refractivity contribution < 1.29 is 18.8 Å². The van der Waals surface area contributed by atoms with E-state index in [1.54, 1.807) is 36.4 Å². The van der Waals surface area contributed by atoms with Gasteiger partial charge < -0.3 is 4.42 Å². The predicted molar refractivity (Wildman–Crippen MR) is 73.0 cm³/mol. The second-order valence-electron chi connectivity index (χ2n) is 4.14. The molecule has 0 saturated carbocycles. The van der Waals surface area contributed by atoms with Crippen molar-refractivity contribution in [3.63, 3.8) is 0 Å². The summed E-state index contributed by atoms with van der Waals surface area (Å²) in [5.41, 5.74) is 1.01. The molecule has 0 radical (unpaired) electrons. The summed E-state index contributed by atoms with van der Waals surface area (Å²) < 4.78 is 4.75. The van der Waals surface area contributed by atoms with Gasteiger partial charge in [0.1, 0.15) is 0 Å². The molecule has 1 aliphatic carbocycles. The summed E-state index contributed by atoms with van der Waals surface area (Å²) in [7, 11) is 0. The monoisotopic (exact) mass is 268 g/mol. The summed E-state index contributed by atoms with van der Waals surface area (Å²) in [5, 5.41) is 0. The highest BCUT2D eigenvalue weighted by molar-refractivity contribution is 6.21. The molecule has 1 aromatic carbocycles. The zero-order valence-electron chi connectivity index (χ0n) is 10.8. The highest BCUT2D eigenvalue weighted by Crippen LogP contribution is 2.15. The highest BCUT2D eigenvalue weighted by Gasteiger charge is 2.16. The molecule has 1 heterocycles. The molecule has 100 valence electrons. The van der Waals surface area contributed by atoms with E-state index in [0.29, 0.717) is 16.9 Å². The Bertz CT molecular complexity index is 641. The third-order valence-electron chi connectivity index (χ3n) is 2.71. The topological polar surface area (TPSA) is 64.3 Å². The van der Waals surface area contributed by atoms with Gasteiger partial charge in [0.05, 0.1) is 6.26 Å². The summed E-state index contributed by atoms with van der Waals surface area (Å²) >= 11 is 0. The fraction of sp³-hybridized carbons (Fsp3) is 0.0625. The molecule has 0 saturated heterocycles. The first kappa shape index (κ1) is 13.7. The van der Waals surface area contributed by atoms with Gasteiger partial charge in [-0.3, -0.25) is 14.4 Å². The first-order chi connectivity index (χ1) is 9.59. The van der Waals surface area contributed by atoms with E-state index in [4.69, 9.17) is 4.42 Å². The van der Waals surface area contributed by atoms with Gasteiger partial charge in [-0.05, 0) is 24.3 Å². The molecule has 0 unspecified atom stereocenters. The summed E-state index contributed by atoms with van der Waals surface area (Å²) in [6.45, 7) is 1.47. The normalized spacial score (nSPS) is 12.4. The number of rotatable bonds is 1. The number of allylic oxidation sites excluding steroid dienone is 2. The Morgan fingerprint density at radius 3 is 1.80 bits per heavy atom. The molecule has 0 aliphatic heterocycles. The molecule has 0 spiro atoms. The Labute approximate surface area is 115 Å². The van der Waals surface area contributed by atoms with Crippen LogP contribution in [0.5, 0.6) is 0 Å². The van der Waals surface area contributed by atoms with Crippen LogP contribution >= 0.6 is 0 Å². The Kier molecular flexibility index (Phi) is 4.05. The van der Waals surface area contributed by atoms with Crippen LogP contribution in [0.15, 0.2) is 59.2 Å². The molecule has 0 atom stereocenters. The molecule has 4 nitrogen and oxygen atoms in total. The summed E-state index contributed by atoms with van der Waals surface area (Å²) in [5.74, 6) is 0.204. The number of ketones is 3. The molecular formula is C16H12O4. The van der Waals surface area contributed by atoms with Crippen molar-refractivity contribution in [1.29, 1.82) is 0 Å². The molecule has 1 aliphatic rings. The minimum atomic E-state index is -0.0924. The lowest BCUT2D eigenvalue weighted by Crippen LogP contribution is -2.10. The summed E-state index contributed by atoms with van der Waals surface area (Å²) in [6, 6.07) is 10.2. The number of furan rings is 1. The van der Waals surface area contributed by atoms with E-state index in [2.05, 4.69) is 0 Å². The van der Waals surface area contributed by atoms with Crippen molar-refractivity contribution in [1.82, 2.24) is 0 Å². The average molecular weight is 268 g/mol. The van der Waals surface area contributed by atoms with E-state index in [-0.39, 0.29) is 17.3 Å². The molecule has 0 N–H and O–H groups in total. The van der Waals surface area contributed by atoms with Crippen LogP contribution in [0.25, 0.3) is 0 Å². The maximum atomic E-state index is 11.2. The molecule has 0 fully saturated rings. The molecule has 20 heavy (non-hydrogen) atoms. The second-order valence-corrected chi connectivity index (χ2v) is 4.14. The maximum Gasteiger partial charge on any atom is 0.194 e. The number of benzene rings is 1. The van der Waals surface area contributed by atoms with E-state index in [1.807, 2.05) is 0 Å². The molecule has 2 aromatic rings. The average Bonchev–Trinajstić information content (AvgIpc) is 2.98. The smallest absolute Gasteiger partial charge is 0.194 e. The lowest BCUT2D eigenvalue weighted by atomic mass is 9.95. The molecular weight excluding hydrogens is 256 g/mol. The van der Waals surface area contributed by atoms with Crippen LogP contribution in [-0.4, -0.2) is 17.3 Å². The molecule has 4 heteroatoms. The van der Waals surface area contributed by atoms with E-state index < -0.39 is 0 Å². The fourth-order valence-corrected chi connectivity index (χ4v) is 1.72. The van der Waals surface area contributed by atoms with Crippen molar-refractivity contribution in [2.75, 3.05) is 0 Å². The first-order valence-electron chi connectivity index (χ1n) is 6.00. The van der Waals surface area contributed by atoms with Crippen LogP contribution in [0, 0.1) is 0 Å². The van der Waals surface area contributed by atoms with E-state index >= 15 is 0 Å². The predicted octanol–water partition coefficient (Wildman–Crippen LogP) is 3.10. The van der Waals surface area contributed by atoms with Gasteiger partial charge in [0.15, 0.2) is 23.1 Å². The van der Waals surface area contributed by atoms with Gasteiger partial charge in [0.2, 0.25) is 0 Å². The number of carbonyl (C=O) groups is 3. The van der Waals surface area contributed by atoms with Crippen molar-refractivity contribution in [3.8, 4) is 0 Å². The van der Waals surface area contributed by atoms with E-state index in [9.17, 15) is 14.4 Å². The van der Waals surface area contributed by atoms with Crippen molar-refractivity contribution in [2.45, 2.75) is 6.92 Å². The van der Waals surface area contributed by atoms with Gasteiger partial charge in [-0.15, -0.1) is 0 Å². The van der Waals surface area contributed by atoms with Crippen LogP contribution in [-0.2, 0) is 0 Å². The third-order valence-corrected chi connectivity index (χ3v) is 2.71. The van der Waals surface area contributed by atoms with Gasteiger partial charge in [-0.2, -0.15) is 0 Å². The molecule has 1 aromatic heterocycles. The Morgan fingerprint density at radius 1 is 0.900 bits per heavy atom. The third kappa shape index (κ3) is 2.98. The maximum absolute atomic E-state index is 11.2. The van der Waals surface area contributed by atoms with Crippen molar-refractivity contribution >= 4 is 17.3 Å². The Morgan fingerprint density at radius 2 is 1.45 bits per heavy atom. The standard InChI is InChI=1S/C10H6O2.C6H6O2/c11-9-5-6-10(12)8-4-2-1-3-7(8)9;1-5(7)6-3-2-4-8-6/h1-6H;2-4H,1H3.